The van der Waals surface area contributed by atoms with Crippen LogP contribution >= 0.6 is 11.8 Å². The number of benzene rings is 2. The molecule has 0 spiro atoms. The van der Waals surface area contributed by atoms with E-state index in [1.165, 1.54) is 0 Å². The van der Waals surface area contributed by atoms with Crippen molar-refractivity contribution in [2.45, 2.75) is 12.8 Å². The van der Waals surface area contributed by atoms with Gasteiger partial charge in [0.2, 0.25) is 0 Å². The van der Waals surface area contributed by atoms with Crippen LogP contribution in [0.4, 0.5) is 0 Å². The minimum atomic E-state index is 0.269. The Kier molecular flexibility index (Phi) is 8.63. The number of thioether (sulfide) groups is 1. The Morgan fingerprint density at radius 2 is 1.16 bits per heavy atom. The first kappa shape index (κ1) is 19.1. The molecular weight excluding hydrogens is 332 g/mol. The molecule has 0 amide bonds. The van der Waals surface area contributed by atoms with Crippen molar-refractivity contribution in [3.05, 3.63) is 59.7 Å². The monoisotopic (exact) mass is 356 g/mol. The summed E-state index contributed by atoms with van der Waals surface area (Å²) >= 11 is 1.91. The Hall–Kier alpha value is -2.27. The molecule has 0 fully saturated rings. The van der Waals surface area contributed by atoms with Crippen LogP contribution in [-0.2, 0) is 0 Å². The largest absolute Gasteiger partial charge is 0.507 e. The molecule has 2 rings (SSSR count). The summed E-state index contributed by atoms with van der Waals surface area (Å²) in [5.41, 5.74) is 1.52. The lowest BCUT2D eigenvalue weighted by Gasteiger charge is -2.00. The molecule has 2 N–H and O–H groups in total. The second-order valence-corrected chi connectivity index (χ2v) is 6.73. The Labute approximate surface area is 153 Å². The van der Waals surface area contributed by atoms with Gasteiger partial charge in [0.05, 0.1) is 0 Å². The molecule has 4 nitrogen and oxygen atoms in total. The quantitative estimate of drug-likeness (QED) is 0.496. The molecule has 0 heterocycles. The molecule has 2 aromatic carbocycles. The lowest BCUT2D eigenvalue weighted by molar-refractivity contribution is 0.474. The third-order valence-corrected chi connectivity index (χ3v) is 4.64. The molecule has 0 aliphatic carbocycles. The summed E-state index contributed by atoms with van der Waals surface area (Å²) in [6, 6.07) is 14.4. The maximum absolute atomic E-state index is 9.62. The van der Waals surface area contributed by atoms with Gasteiger partial charge < -0.3 is 10.2 Å². The van der Waals surface area contributed by atoms with Crippen LogP contribution in [0.5, 0.6) is 11.5 Å². The SMILES string of the molecule is Oc1ccccc1C=NCCCSCCCN=Cc1ccccc1O. The molecule has 0 aliphatic heterocycles. The highest BCUT2D eigenvalue weighted by Gasteiger charge is 1.95. The number of phenols is 2. The molecule has 0 unspecified atom stereocenters. The molecule has 0 aliphatic rings. The van der Waals surface area contributed by atoms with Crippen LogP contribution in [0, 0.1) is 0 Å². The molecule has 0 saturated carbocycles. The van der Waals surface area contributed by atoms with Crippen molar-refractivity contribution < 1.29 is 10.2 Å². The van der Waals surface area contributed by atoms with E-state index >= 15 is 0 Å². The zero-order chi connectivity index (χ0) is 17.7. The van der Waals surface area contributed by atoms with Crippen LogP contribution in [0.2, 0.25) is 0 Å². The first-order valence-corrected chi connectivity index (χ1v) is 9.56. The topological polar surface area (TPSA) is 65.2 Å². The van der Waals surface area contributed by atoms with Crippen LogP contribution in [-0.4, -0.2) is 47.2 Å². The number of aliphatic imine (C=N–C) groups is 2. The molecule has 0 aromatic heterocycles. The van der Waals surface area contributed by atoms with E-state index in [-0.39, 0.29) is 11.5 Å². The summed E-state index contributed by atoms with van der Waals surface area (Å²) in [6.45, 7) is 1.54. The van der Waals surface area contributed by atoms with Gasteiger partial charge in [0.25, 0.3) is 0 Å². The highest BCUT2D eigenvalue weighted by Crippen LogP contribution is 2.14. The average Bonchev–Trinajstić information content (AvgIpc) is 2.62. The summed E-state index contributed by atoms with van der Waals surface area (Å²) in [5, 5.41) is 19.2. The van der Waals surface area contributed by atoms with E-state index < -0.39 is 0 Å². The predicted octanol–water partition coefficient (Wildman–Crippen LogP) is 4.15. The summed E-state index contributed by atoms with van der Waals surface area (Å²) in [7, 11) is 0. The summed E-state index contributed by atoms with van der Waals surface area (Å²) in [5.74, 6) is 2.68. The fourth-order valence-corrected chi connectivity index (χ4v) is 3.01. The van der Waals surface area contributed by atoms with Gasteiger partial charge in [-0.25, -0.2) is 0 Å². The van der Waals surface area contributed by atoms with Gasteiger partial charge in [-0.2, -0.15) is 11.8 Å². The normalized spacial score (nSPS) is 11.5. The van der Waals surface area contributed by atoms with E-state index in [4.69, 9.17) is 0 Å². The molecule has 5 heteroatoms. The highest BCUT2D eigenvalue weighted by atomic mass is 32.2. The second-order valence-electron chi connectivity index (χ2n) is 5.51. The maximum atomic E-state index is 9.62. The van der Waals surface area contributed by atoms with Crippen LogP contribution in [0.1, 0.15) is 24.0 Å². The number of aromatic hydroxyl groups is 2. The molecule has 0 bridgehead atoms. The molecule has 25 heavy (non-hydrogen) atoms. The third kappa shape index (κ3) is 7.44. The van der Waals surface area contributed by atoms with Crippen molar-refractivity contribution in [1.82, 2.24) is 0 Å². The molecular formula is C20H24N2O2S. The van der Waals surface area contributed by atoms with Crippen LogP contribution in [0.25, 0.3) is 0 Å². The lowest BCUT2D eigenvalue weighted by Crippen LogP contribution is -1.91. The first-order chi connectivity index (χ1) is 12.3. The van der Waals surface area contributed by atoms with E-state index in [1.807, 2.05) is 36.0 Å². The highest BCUT2D eigenvalue weighted by molar-refractivity contribution is 7.99. The van der Waals surface area contributed by atoms with Crippen LogP contribution < -0.4 is 0 Å². The predicted molar refractivity (Wildman–Crippen MR) is 108 cm³/mol. The molecule has 0 atom stereocenters. The first-order valence-electron chi connectivity index (χ1n) is 8.41. The Bertz CT molecular complexity index is 642. The van der Waals surface area contributed by atoms with Gasteiger partial charge in [-0.05, 0) is 48.6 Å². The zero-order valence-corrected chi connectivity index (χ0v) is 15.0. The lowest BCUT2D eigenvalue weighted by atomic mass is 10.2. The number of nitrogens with zero attached hydrogens (tertiary/aromatic N) is 2. The average molecular weight is 356 g/mol. The van der Waals surface area contributed by atoms with E-state index in [0.717, 1.165) is 48.6 Å². The summed E-state index contributed by atoms with van der Waals surface area (Å²) in [6.07, 6.45) is 5.51. The maximum Gasteiger partial charge on any atom is 0.124 e. The van der Waals surface area contributed by atoms with E-state index in [0.29, 0.717) is 0 Å². The zero-order valence-electron chi connectivity index (χ0n) is 14.2. The van der Waals surface area contributed by atoms with Gasteiger partial charge in [0.1, 0.15) is 11.5 Å². The van der Waals surface area contributed by atoms with Gasteiger partial charge >= 0.3 is 0 Å². The third-order valence-electron chi connectivity index (χ3n) is 3.49. The molecule has 0 saturated heterocycles. The van der Waals surface area contributed by atoms with Gasteiger partial charge in [0.15, 0.2) is 0 Å². The smallest absolute Gasteiger partial charge is 0.124 e. The van der Waals surface area contributed by atoms with Gasteiger partial charge in [-0.1, -0.05) is 24.3 Å². The van der Waals surface area contributed by atoms with Crippen LogP contribution in [0.3, 0.4) is 0 Å². The van der Waals surface area contributed by atoms with E-state index in [2.05, 4.69) is 9.98 Å². The summed E-state index contributed by atoms with van der Waals surface area (Å²) in [4.78, 5) is 8.69. The number of para-hydroxylation sites is 2. The second kappa shape index (κ2) is 11.3. The van der Waals surface area contributed by atoms with Gasteiger partial charge in [-0.3, -0.25) is 9.98 Å². The number of rotatable bonds is 10. The summed E-state index contributed by atoms with van der Waals surface area (Å²) < 4.78 is 0. The van der Waals surface area contributed by atoms with Crippen molar-refractivity contribution in [2.24, 2.45) is 9.98 Å². The van der Waals surface area contributed by atoms with Crippen molar-refractivity contribution >= 4 is 24.2 Å². The molecule has 0 radical (unpaired) electrons. The Balaban J connectivity index is 1.50. The van der Waals surface area contributed by atoms with Crippen molar-refractivity contribution in [3.63, 3.8) is 0 Å². The number of phenolic OH excluding ortho intramolecular Hbond substituents is 2. The molecule has 2 aromatic rings. The van der Waals surface area contributed by atoms with Crippen molar-refractivity contribution in [2.75, 3.05) is 24.6 Å². The fourth-order valence-electron chi connectivity index (χ4n) is 2.14. The number of hydrogen-bond donors (Lipinski definition) is 2. The Morgan fingerprint density at radius 1 is 0.720 bits per heavy atom. The standard InChI is InChI=1S/C20H24N2O2S/c23-19-9-3-1-7-17(19)15-21-11-5-13-25-14-6-12-22-16-18-8-2-4-10-20(18)24/h1-4,7-10,15-16,23-24H,5-6,11-14H2. The van der Waals surface area contributed by atoms with E-state index in [1.54, 1.807) is 36.7 Å². The molecule has 132 valence electrons. The van der Waals surface area contributed by atoms with Crippen LogP contribution in [0.15, 0.2) is 58.5 Å². The van der Waals surface area contributed by atoms with Crippen molar-refractivity contribution in [1.29, 1.82) is 0 Å². The fraction of sp³-hybridized carbons (Fsp3) is 0.300. The number of hydrogen-bond acceptors (Lipinski definition) is 5. The van der Waals surface area contributed by atoms with Gasteiger partial charge in [-0.15, -0.1) is 0 Å². The minimum Gasteiger partial charge on any atom is -0.507 e. The Morgan fingerprint density at radius 3 is 1.60 bits per heavy atom. The minimum absolute atomic E-state index is 0.269. The van der Waals surface area contributed by atoms with Gasteiger partial charge in [0, 0.05) is 36.6 Å². The van der Waals surface area contributed by atoms with Crippen molar-refractivity contribution in [3.8, 4) is 11.5 Å². The van der Waals surface area contributed by atoms with E-state index in [9.17, 15) is 10.2 Å².